The average Bonchev–Trinajstić information content (AvgIpc) is 3.12. The fraction of sp³-hybridized carbons (Fsp3) is 0.372. The van der Waals surface area contributed by atoms with Gasteiger partial charge < -0.3 is 28.4 Å². The lowest BCUT2D eigenvalue weighted by Crippen LogP contribution is -2.18. The van der Waals surface area contributed by atoms with E-state index in [1.54, 1.807) is 26.0 Å². The van der Waals surface area contributed by atoms with Crippen molar-refractivity contribution in [3.63, 3.8) is 0 Å². The standard InChI is InChI=1S/C43H47NO11/c1-7-50-38(46)24-52-40-33-15-28(23-45)16-34(40)18-30-12-10-14-32(43(30)55-27(5)6)20-36-22-37(44(48)49)21-35(41(36)53-25-39(47)51-8-2)19-31-13-9-11-29(17-33)42(31)54-26(3)4/h9-16,21-23,26-27H,7-8,17-20,24-25H2,1-6H3. The smallest absolute Gasteiger partial charge is 0.344 e. The maximum absolute atomic E-state index is 12.6. The van der Waals surface area contributed by atoms with Crippen molar-refractivity contribution < 1.29 is 47.7 Å². The molecule has 8 bridgehead atoms. The van der Waals surface area contributed by atoms with Gasteiger partial charge in [-0.3, -0.25) is 14.9 Å². The van der Waals surface area contributed by atoms with Gasteiger partial charge >= 0.3 is 11.9 Å². The van der Waals surface area contributed by atoms with E-state index in [-0.39, 0.29) is 63.4 Å². The minimum Gasteiger partial charge on any atom is -0.490 e. The summed E-state index contributed by atoms with van der Waals surface area (Å²) in [5.41, 5.74) is 5.41. The van der Waals surface area contributed by atoms with E-state index in [0.29, 0.717) is 61.9 Å². The number of non-ortho nitro benzene ring substituents is 1. The molecule has 4 aromatic rings. The van der Waals surface area contributed by atoms with E-state index in [1.807, 2.05) is 64.1 Å². The zero-order valence-electron chi connectivity index (χ0n) is 32.1. The van der Waals surface area contributed by atoms with Gasteiger partial charge in [-0.2, -0.15) is 0 Å². The van der Waals surface area contributed by atoms with Crippen LogP contribution in [0.25, 0.3) is 0 Å². The second kappa shape index (κ2) is 18.4. The first-order chi connectivity index (χ1) is 26.4. The van der Waals surface area contributed by atoms with Crippen LogP contribution in [0.5, 0.6) is 23.0 Å². The SMILES string of the molecule is CCOC(=O)COc1c2cc(C=O)cc1Cc1cccc(c1OC(C)C)Cc1cc([N+](=O)[O-])cc(c1OCC(=O)OCC)Cc1cccc(c1OC(C)C)C2. The van der Waals surface area contributed by atoms with Crippen molar-refractivity contribution in [3.8, 4) is 23.0 Å². The molecule has 12 heteroatoms. The van der Waals surface area contributed by atoms with Crippen molar-refractivity contribution in [2.45, 2.75) is 79.4 Å². The molecule has 4 aromatic carbocycles. The summed E-state index contributed by atoms with van der Waals surface area (Å²) in [4.78, 5) is 49.6. The number of carbonyl (C=O) groups excluding carboxylic acids is 3. The molecule has 12 nitrogen and oxygen atoms in total. The molecule has 0 spiro atoms. The highest BCUT2D eigenvalue weighted by Gasteiger charge is 2.26. The van der Waals surface area contributed by atoms with Crippen molar-refractivity contribution in [3.05, 3.63) is 121 Å². The van der Waals surface area contributed by atoms with Crippen molar-refractivity contribution in [2.24, 2.45) is 0 Å². The molecule has 0 aliphatic heterocycles. The minimum absolute atomic E-state index is 0.140. The quantitative estimate of drug-likeness (QED) is 0.0479. The molecule has 0 saturated carbocycles. The number of benzene rings is 4. The maximum Gasteiger partial charge on any atom is 0.344 e. The third-order valence-corrected chi connectivity index (χ3v) is 8.71. The average molecular weight is 754 g/mol. The molecule has 1 aliphatic rings. The minimum atomic E-state index is -0.576. The summed E-state index contributed by atoms with van der Waals surface area (Å²) >= 11 is 0. The molecule has 290 valence electrons. The van der Waals surface area contributed by atoms with Gasteiger partial charge in [-0.1, -0.05) is 36.4 Å². The predicted molar refractivity (Wildman–Crippen MR) is 205 cm³/mol. The van der Waals surface area contributed by atoms with E-state index in [2.05, 4.69) is 0 Å². The number of nitrogens with zero attached hydrogens (tertiary/aromatic N) is 1. The maximum atomic E-state index is 12.6. The summed E-state index contributed by atoms with van der Waals surface area (Å²) < 4.78 is 35.8. The largest absolute Gasteiger partial charge is 0.490 e. The van der Waals surface area contributed by atoms with E-state index >= 15 is 0 Å². The Hall–Kier alpha value is -5.91. The Labute approximate surface area is 320 Å². The molecule has 5 rings (SSSR count). The van der Waals surface area contributed by atoms with E-state index < -0.39 is 23.5 Å². The van der Waals surface area contributed by atoms with Crippen LogP contribution in [-0.4, -0.2) is 61.8 Å². The van der Waals surface area contributed by atoms with Crippen molar-refractivity contribution in [2.75, 3.05) is 26.4 Å². The third-order valence-electron chi connectivity index (χ3n) is 8.71. The van der Waals surface area contributed by atoms with Gasteiger partial charge in [0, 0.05) is 54.5 Å². The summed E-state index contributed by atoms with van der Waals surface area (Å²) in [6, 6.07) is 17.7. The topological polar surface area (TPSA) is 150 Å². The second-order valence-electron chi connectivity index (χ2n) is 13.7. The van der Waals surface area contributed by atoms with E-state index in [9.17, 15) is 24.5 Å². The highest BCUT2D eigenvalue weighted by molar-refractivity contribution is 5.77. The molecule has 0 aromatic heterocycles. The molecule has 0 heterocycles. The Bertz CT molecular complexity index is 1950. The summed E-state index contributed by atoms with van der Waals surface area (Å²) in [5, 5.41) is 12.4. The molecular formula is C43H47NO11. The number of rotatable bonds is 14. The van der Waals surface area contributed by atoms with Crippen LogP contribution < -0.4 is 18.9 Å². The van der Waals surface area contributed by atoms with Gasteiger partial charge in [0.2, 0.25) is 0 Å². The van der Waals surface area contributed by atoms with Gasteiger partial charge in [0.1, 0.15) is 29.3 Å². The zero-order chi connectivity index (χ0) is 39.6. The van der Waals surface area contributed by atoms with Crippen LogP contribution in [0.2, 0.25) is 0 Å². The fourth-order valence-corrected chi connectivity index (χ4v) is 6.68. The number of aldehydes is 1. The normalized spacial score (nSPS) is 12.1. The number of nitro benzene ring substituents is 1. The number of hydrogen-bond acceptors (Lipinski definition) is 11. The third kappa shape index (κ3) is 10.2. The molecule has 55 heavy (non-hydrogen) atoms. The number of ether oxygens (including phenoxy) is 6. The van der Waals surface area contributed by atoms with Crippen molar-refractivity contribution >= 4 is 23.9 Å². The van der Waals surface area contributed by atoms with Crippen molar-refractivity contribution in [1.82, 2.24) is 0 Å². The second-order valence-corrected chi connectivity index (χ2v) is 13.7. The number of fused-ring (bicyclic) bond motifs is 8. The predicted octanol–water partition coefficient (Wildman–Crippen LogP) is 7.54. The van der Waals surface area contributed by atoms with Gasteiger partial charge in [-0.25, -0.2) is 9.59 Å². The lowest BCUT2D eigenvalue weighted by Gasteiger charge is -2.24. The monoisotopic (exact) mass is 753 g/mol. The molecule has 0 saturated heterocycles. The highest BCUT2D eigenvalue weighted by Crippen LogP contribution is 2.41. The van der Waals surface area contributed by atoms with Crippen LogP contribution in [0.3, 0.4) is 0 Å². The van der Waals surface area contributed by atoms with Crippen LogP contribution in [0.15, 0.2) is 60.7 Å². The van der Waals surface area contributed by atoms with Gasteiger partial charge in [0.15, 0.2) is 13.2 Å². The van der Waals surface area contributed by atoms with E-state index in [4.69, 9.17) is 28.4 Å². The lowest BCUT2D eigenvalue weighted by atomic mass is 9.90. The fourth-order valence-electron chi connectivity index (χ4n) is 6.68. The van der Waals surface area contributed by atoms with Crippen LogP contribution in [0.4, 0.5) is 5.69 Å². The van der Waals surface area contributed by atoms with Crippen molar-refractivity contribution in [1.29, 1.82) is 0 Å². The Balaban J connectivity index is 1.83. The van der Waals surface area contributed by atoms with E-state index in [1.165, 1.54) is 12.1 Å². The number of para-hydroxylation sites is 2. The van der Waals surface area contributed by atoms with Crippen LogP contribution in [0, 0.1) is 10.1 Å². The molecule has 1 aliphatic carbocycles. The van der Waals surface area contributed by atoms with Gasteiger partial charge in [0.25, 0.3) is 5.69 Å². The van der Waals surface area contributed by atoms with Gasteiger partial charge in [-0.15, -0.1) is 0 Å². The molecule has 0 atom stereocenters. The Kier molecular flexibility index (Phi) is 13.5. The molecule has 0 unspecified atom stereocenters. The van der Waals surface area contributed by atoms with Gasteiger partial charge in [0.05, 0.1) is 30.3 Å². The molecule has 0 radical (unpaired) electrons. The first-order valence-electron chi connectivity index (χ1n) is 18.4. The number of nitro groups is 1. The van der Waals surface area contributed by atoms with E-state index in [0.717, 1.165) is 17.4 Å². The summed E-state index contributed by atoms with van der Waals surface area (Å²) in [5.74, 6) is 0.732. The first-order valence-corrected chi connectivity index (χ1v) is 18.4. The zero-order valence-corrected chi connectivity index (χ0v) is 32.1. The summed E-state index contributed by atoms with van der Waals surface area (Å²) in [6.45, 7) is 10.6. The van der Waals surface area contributed by atoms with Gasteiger partial charge in [-0.05, 0) is 87.1 Å². The Morgan fingerprint density at radius 2 is 1.00 bits per heavy atom. The van der Waals surface area contributed by atoms with Crippen LogP contribution in [-0.2, 0) is 44.7 Å². The molecule has 0 amide bonds. The highest BCUT2D eigenvalue weighted by atomic mass is 16.6. The summed E-state index contributed by atoms with van der Waals surface area (Å²) in [6.07, 6.45) is 1.03. The van der Waals surface area contributed by atoms with Crippen LogP contribution in [0.1, 0.15) is 96.4 Å². The number of carbonyl (C=O) groups is 3. The summed E-state index contributed by atoms with van der Waals surface area (Å²) in [7, 11) is 0. The van der Waals surface area contributed by atoms with Crippen LogP contribution >= 0.6 is 0 Å². The first kappa shape index (κ1) is 40.3. The lowest BCUT2D eigenvalue weighted by molar-refractivity contribution is -0.385. The number of esters is 2. The molecule has 0 N–H and O–H groups in total. The number of hydrogen-bond donors (Lipinski definition) is 0. The Morgan fingerprint density at radius 1 is 0.636 bits per heavy atom. The molecular weight excluding hydrogens is 706 g/mol. The molecule has 0 fully saturated rings. The Morgan fingerprint density at radius 3 is 1.31 bits per heavy atom.